The van der Waals surface area contributed by atoms with E-state index in [-0.39, 0.29) is 12.0 Å². The zero-order valence-electron chi connectivity index (χ0n) is 15.3. The summed E-state index contributed by atoms with van der Waals surface area (Å²) in [4.78, 5) is 19.6. The monoisotopic (exact) mass is 396 g/mol. The van der Waals surface area contributed by atoms with Gasteiger partial charge in [-0.2, -0.15) is 15.0 Å². The van der Waals surface area contributed by atoms with Crippen LogP contribution in [0.2, 0.25) is 5.02 Å². The second-order valence-electron chi connectivity index (χ2n) is 6.81. The Morgan fingerprint density at radius 1 is 1.18 bits per heavy atom. The lowest BCUT2D eigenvalue weighted by Crippen LogP contribution is -2.41. The van der Waals surface area contributed by atoms with E-state index in [0.717, 1.165) is 42.9 Å². The topological polar surface area (TPSA) is 75.9 Å². The minimum Gasteiger partial charge on any atom is -0.370 e. The van der Waals surface area contributed by atoms with Gasteiger partial charge < -0.3 is 10.2 Å². The first-order valence-electron chi connectivity index (χ1n) is 9.28. The molecule has 1 saturated heterocycles. The number of piperidine rings is 1. The van der Waals surface area contributed by atoms with Gasteiger partial charge in [-0.05, 0) is 31.0 Å². The van der Waals surface area contributed by atoms with E-state index in [2.05, 4.69) is 26.6 Å². The quantitative estimate of drug-likeness (QED) is 0.647. The van der Waals surface area contributed by atoms with Crippen LogP contribution in [0.15, 0.2) is 55.0 Å². The fraction of sp³-hybridized carbons (Fsp3) is 0.300. The number of likely N-dealkylation sites (tertiary alicyclic amines) is 1. The number of rotatable bonds is 6. The summed E-state index contributed by atoms with van der Waals surface area (Å²) in [5.41, 5.74) is 1.93. The van der Waals surface area contributed by atoms with Crippen LogP contribution >= 0.6 is 11.6 Å². The Kier molecular flexibility index (Phi) is 5.53. The average molecular weight is 397 g/mol. The number of hydrogen-bond donors (Lipinski definition) is 1. The molecule has 7 nitrogen and oxygen atoms in total. The van der Waals surface area contributed by atoms with Crippen LogP contribution in [0.4, 0.5) is 5.82 Å². The van der Waals surface area contributed by atoms with Gasteiger partial charge >= 0.3 is 0 Å². The van der Waals surface area contributed by atoms with E-state index in [1.165, 1.54) is 0 Å². The number of para-hydroxylation sites is 1. The Balaban J connectivity index is 1.63. The standard InChI is InChI=1S/C20H21ClN6O/c21-16-7-8-19(23-13-16)22-12-15-4-3-11-26(14-28)20(15)17-5-1-2-6-18(17)27-24-9-10-25-27/h1-2,5-10,13-15,20H,3-4,11-12H2,(H,22,23)/t15-,20+/m1/s1. The van der Waals surface area contributed by atoms with Gasteiger partial charge in [-0.15, -0.1) is 0 Å². The Bertz CT molecular complexity index is 915. The van der Waals surface area contributed by atoms with Crippen molar-refractivity contribution in [3.05, 3.63) is 65.6 Å². The van der Waals surface area contributed by atoms with E-state index in [4.69, 9.17) is 11.6 Å². The number of pyridine rings is 1. The highest BCUT2D eigenvalue weighted by molar-refractivity contribution is 6.30. The summed E-state index contributed by atoms with van der Waals surface area (Å²) in [7, 11) is 0. The van der Waals surface area contributed by atoms with Crippen LogP contribution in [0.5, 0.6) is 0 Å². The minimum absolute atomic E-state index is 0.0618. The molecule has 0 saturated carbocycles. The molecule has 1 fully saturated rings. The molecule has 0 aliphatic carbocycles. The second-order valence-corrected chi connectivity index (χ2v) is 7.25. The van der Waals surface area contributed by atoms with Crippen molar-refractivity contribution < 1.29 is 4.79 Å². The van der Waals surface area contributed by atoms with Gasteiger partial charge in [-0.25, -0.2) is 4.98 Å². The highest BCUT2D eigenvalue weighted by atomic mass is 35.5. The van der Waals surface area contributed by atoms with Crippen LogP contribution in [-0.2, 0) is 4.79 Å². The minimum atomic E-state index is -0.0618. The Morgan fingerprint density at radius 3 is 2.75 bits per heavy atom. The van der Waals surface area contributed by atoms with Crippen LogP contribution in [0.1, 0.15) is 24.4 Å². The van der Waals surface area contributed by atoms with Gasteiger partial charge in [0.1, 0.15) is 5.82 Å². The maximum atomic E-state index is 11.8. The highest BCUT2D eigenvalue weighted by Gasteiger charge is 2.33. The SMILES string of the molecule is O=CN1CCC[C@H](CNc2ccc(Cl)cn2)[C@H]1c1ccccc1-n1nccn1. The highest BCUT2D eigenvalue weighted by Crippen LogP contribution is 2.37. The summed E-state index contributed by atoms with van der Waals surface area (Å²) in [5.74, 6) is 1.00. The number of nitrogens with one attached hydrogen (secondary N) is 1. The average Bonchev–Trinajstić information content (AvgIpc) is 3.28. The van der Waals surface area contributed by atoms with Crippen molar-refractivity contribution >= 4 is 23.8 Å². The molecule has 8 heteroatoms. The van der Waals surface area contributed by atoms with Gasteiger partial charge in [0.2, 0.25) is 6.41 Å². The molecule has 144 valence electrons. The van der Waals surface area contributed by atoms with E-state index in [1.807, 2.05) is 35.2 Å². The van der Waals surface area contributed by atoms with E-state index in [0.29, 0.717) is 11.6 Å². The van der Waals surface area contributed by atoms with Crippen molar-refractivity contribution in [3.8, 4) is 5.69 Å². The van der Waals surface area contributed by atoms with Gasteiger partial charge in [0, 0.05) is 30.8 Å². The summed E-state index contributed by atoms with van der Waals surface area (Å²) in [6.45, 7) is 1.44. The predicted molar refractivity (Wildman–Crippen MR) is 107 cm³/mol. The van der Waals surface area contributed by atoms with Crippen molar-refractivity contribution in [1.29, 1.82) is 0 Å². The van der Waals surface area contributed by atoms with Gasteiger partial charge in [-0.1, -0.05) is 29.8 Å². The Hall–Kier alpha value is -2.93. The first kappa shape index (κ1) is 18.4. The number of halogens is 1. The van der Waals surface area contributed by atoms with E-state index in [9.17, 15) is 4.79 Å². The Morgan fingerprint density at radius 2 is 2.00 bits per heavy atom. The summed E-state index contributed by atoms with van der Waals surface area (Å²) in [6, 6.07) is 11.6. The fourth-order valence-corrected chi connectivity index (χ4v) is 3.96. The van der Waals surface area contributed by atoms with Crippen LogP contribution in [-0.4, -0.2) is 44.4 Å². The fourth-order valence-electron chi connectivity index (χ4n) is 3.84. The molecule has 4 rings (SSSR count). The number of carbonyl (C=O) groups is 1. The second kappa shape index (κ2) is 8.39. The third-order valence-corrected chi connectivity index (χ3v) is 5.32. The number of amides is 1. The van der Waals surface area contributed by atoms with E-state index >= 15 is 0 Å². The molecule has 3 aromatic rings. The molecule has 1 aliphatic heterocycles. The molecular weight excluding hydrogens is 376 g/mol. The first-order valence-corrected chi connectivity index (χ1v) is 9.66. The molecule has 0 radical (unpaired) electrons. The molecule has 3 heterocycles. The van der Waals surface area contributed by atoms with Crippen LogP contribution in [0, 0.1) is 5.92 Å². The number of nitrogens with zero attached hydrogens (tertiary/aromatic N) is 5. The molecule has 1 N–H and O–H groups in total. The molecule has 1 amide bonds. The van der Waals surface area contributed by atoms with Crippen molar-refractivity contribution in [2.75, 3.05) is 18.4 Å². The number of aromatic nitrogens is 4. The van der Waals surface area contributed by atoms with Gasteiger partial charge in [0.05, 0.1) is 29.1 Å². The Labute approximate surface area is 168 Å². The van der Waals surface area contributed by atoms with Crippen molar-refractivity contribution in [3.63, 3.8) is 0 Å². The zero-order chi connectivity index (χ0) is 19.3. The normalized spacial score (nSPS) is 19.4. The third-order valence-electron chi connectivity index (χ3n) is 5.09. The summed E-state index contributed by atoms with van der Waals surface area (Å²) < 4.78 is 0. The first-order chi connectivity index (χ1) is 13.8. The molecule has 2 aromatic heterocycles. The number of carbonyl (C=O) groups excluding carboxylic acids is 1. The van der Waals surface area contributed by atoms with Gasteiger partial charge in [0.25, 0.3) is 0 Å². The van der Waals surface area contributed by atoms with Crippen molar-refractivity contribution in [1.82, 2.24) is 24.9 Å². The van der Waals surface area contributed by atoms with Crippen LogP contribution in [0.25, 0.3) is 5.69 Å². The predicted octanol–water partition coefficient (Wildman–Crippen LogP) is 3.34. The molecule has 1 aliphatic rings. The largest absolute Gasteiger partial charge is 0.370 e. The van der Waals surface area contributed by atoms with E-state index in [1.54, 1.807) is 23.4 Å². The molecular formula is C20H21ClN6O. The summed E-state index contributed by atoms with van der Waals surface area (Å²) in [5, 5.41) is 12.6. The molecule has 0 bridgehead atoms. The van der Waals surface area contributed by atoms with Gasteiger partial charge in [0.15, 0.2) is 0 Å². The lowest BCUT2D eigenvalue weighted by atomic mass is 9.84. The maximum Gasteiger partial charge on any atom is 0.210 e. The van der Waals surface area contributed by atoms with Crippen LogP contribution < -0.4 is 5.32 Å². The number of benzene rings is 1. The number of anilines is 1. The molecule has 28 heavy (non-hydrogen) atoms. The summed E-state index contributed by atoms with van der Waals surface area (Å²) in [6.07, 6.45) is 7.86. The van der Waals surface area contributed by atoms with E-state index < -0.39 is 0 Å². The van der Waals surface area contributed by atoms with Crippen molar-refractivity contribution in [2.45, 2.75) is 18.9 Å². The van der Waals surface area contributed by atoms with Gasteiger partial charge in [-0.3, -0.25) is 4.79 Å². The molecule has 2 atom stereocenters. The smallest absolute Gasteiger partial charge is 0.210 e. The lowest BCUT2D eigenvalue weighted by Gasteiger charge is -2.40. The van der Waals surface area contributed by atoms with Crippen LogP contribution in [0.3, 0.4) is 0 Å². The summed E-state index contributed by atoms with van der Waals surface area (Å²) >= 11 is 5.92. The molecule has 0 spiro atoms. The number of hydrogen-bond acceptors (Lipinski definition) is 5. The zero-order valence-corrected chi connectivity index (χ0v) is 16.0. The molecule has 0 unspecified atom stereocenters. The molecule has 1 aromatic carbocycles. The third kappa shape index (κ3) is 3.84. The maximum absolute atomic E-state index is 11.8. The lowest BCUT2D eigenvalue weighted by molar-refractivity contribution is -0.123. The van der Waals surface area contributed by atoms with Crippen molar-refractivity contribution in [2.24, 2.45) is 5.92 Å².